The molecule has 0 bridgehead atoms. The van der Waals surface area contributed by atoms with Crippen molar-refractivity contribution in [3.05, 3.63) is 59.7 Å². The molecule has 7 heteroatoms. The highest BCUT2D eigenvalue weighted by Gasteiger charge is 2.39. The van der Waals surface area contributed by atoms with E-state index in [9.17, 15) is 19.5 Å². The second-order valence-corrected chi connectivity index (χ2v) is 10.9. The third kappa shape index (κ3) is 5.41. The smallest absolute Gasteiger partial charge is 0.407 e. The first-order valence-corrected chi connectivity index (χ1v) is 11.5. The quantitative estimate of drug-likeness (QED) is 0.579. The molecule has 0 spiro atoms. The Kier molecular flexibility index (Phi) is 7.05. The Morgan fingerprint density at radius 1 is 0.824 bits per heavy atom. The zero-order chi connectivity index (χ0) is 25.3. The summed E-state index contributed by atoms with van der Waals surface area (Å²) >= 11 is 0. The molecule has 0 radical (unpaired) electrons. The summed E-state index contributed by atoms with van der Waals surface area (Å²) in [6.45, 7) is 10.7. The van der Waals surface area contributed by atoms with Gasteiger partial charge in [0.15, 0.2) is 0 Å². The fourth-order valence-corrected chi connectivity index (χ4v) is 4.31. The van der Waals surface area contributed by atoms with Gasteiger partial charge >= 0.3 is 12.1 Å². The van der Waals surface area contributed by atoms with Crippen LogP contribution in [-0.4, -0.2) is 41.8 Å². The number of aliphatic carboxylic acids is 1. The van der Waals surface area contributed by atoms with Gasteiger partial charge in [0.25, 0.3) is 0 Å². The van der Waals surface area contributed by atoms with E-state index in [1.165, 1.54) is 0 Å². The molecular weight excluding hydrogens is 432 g/mol. The number of ether oxygens (including phenoxy) is 1. The van der Waals surface area contributed by atoms with E-state index < -0.39 is 40.9 Å². The van der Waals surface area contributed by atoms with Crippen LogP contribution in [0.4, 0.5) is 4.79 Å². The largest absolute Gasteiger partial charge is 0.480 e. The van der Waals surface area contributed by atoms with Crippen molar-refractivity contribution in [3.63, 3.8) is 0 Å². The van der Waals surface area contributed by atoms with E-state index in [0.29, 0.717) is 0 Å². The Bertz CT molecular complexity index is 1040. The average molecular weight is 467 g/mol. The summed E-state index contributed by atoms with van der Waals surface area (Å²) in [6.07, 6.45) is -0.723. The molecule has 2 atom stereocenters. The lowest BCUT2D eigenvalue weighted by molar-refractivity contribution is -0.145. The maximum atomic E-state index is 13.0. The summed E-state index contributed by atoms with van der Waals surface area (Å²) in [6, 6.07) is 14.0. The highest BCUT2D eigenvalue weighted by molar-refractivity contribution is 5.90. The maximum absolute atomic E-state index is 13.0. The molecule has 7 nitrogen and oxygen atoms in total. The number of hydrogen-bond donors (Lipinski definition) is 3. The van der Waals surface area contributed by atoms with Crippen molar-refractivity contribution in [2.75, 3.05) is 6.61 Å². The molecule has 182 valence electrons. The molecule has 2 amide bonds. The number of rotatable bonds is 6. The van der Waals surface area contributed by atoms with Gasteiger partial charge in [-0.05, 0) is 33.1 Å². The van der Waals surface area contributed by atoms with E-state index in [4.69, 9.17) is 4.74 Å². The van der Waals surface area contributed by atoms with E-state index in [-0.39, 0.29) is 12.5 Å². The SMILES string of the molecule is CC(C)(C)C(NC(=O)OCC1c2ccccc2-c2ccccc21)C(=O)N[C@H](C(=O)O)C(C)(C)C. The van der Waals surface area contributed by atoms with Crippen LogP contribution in [0.5, 0.6) is 0 Å². The molecule has 0 saturated carbocycles. The molecule has 34 heavy (non-hydrogen) atoms. The summed E-state index contributed by atoms with van der Waals surface area (Å²) in [4.78, 5) is 37.5. The number of carboxylic acid groups (broad SMARTS) is 1. The van der Waals surface area contributed by atoms with Crippen molar-refractivity contribution < 1.29 is 24.2 Å². The van der Waals surface area contributed by atoms with Gasteiger partial charge in [0, 0.05) is 5.92 Å². The van der Waals surface area contributed by atoms with Crippen LogP contribution < -0.4 is 10.6 Å². The minimum atomic E-state index is -1.13. The first-order chi connectivity index (χ1) is 15.8. The Morgan fingerprint density at radius 3 is 1.74 bits per heavy atom. The van der Waals surface area contributed by atoms with Gasteiger partial charge in [0.2, 0.25) is 5.91 Å². The predicted octanol–water partition coefficient (Wildman–Crippen LogP) is 4.56. The minimum Gasteiger partial charge on any atom is -0.480 e. The molecule has 3 rings (SSSR count). The summed E-state index contributed by atoms with van der Waals surface area (Å²) in [7, 11) is 0. The first kappa shape index (κ1) is 25.3. The van der Waals surface area contributed by atoms with Crippen LogP contribution in [0.25, 0.3) is 11.1 Å². The van der Waals surface area contributed by atoms with Crippen LogP contribution >= 0.6 is 0 Å². The lowest BCUT2D eigenvalue weighted by Gasteiger charge is -2.34. The molecule has 1 aliphatic rings. The number of carbonyl (C=O) groups is 3. The number of fused-ring (bicyclic) bond motifs is 3. The summed E-state index contributed by atoms with van der Waals surface area (Å²) in [5.74, 6) is -1.80. The van der Waals surface area contributed by atoms with Crippen LogP contribution in [0.15, 0.2) is 48.5 Å². The van der Waals surface area contributed by atoms with Crippen molar-refractivity contribution in [3.8, 4) is 11.1 Å². The normalized spacial score (nSPS) is 15.0. The standard InChI is InChI=1S/C27H34N2O5/c1-26(2,3)21(23(30)28-22(24(31)32)27(4,5)6)29-25(33)34-15-20-18-13-9-7-11-16(18)17-12-8-10-14-19(17)20/h7-14,20-22H,15H2,1-6H3,(H,28,30)(H,29,33)(H,31,32)/t21?,22-/m1/s1. The van der Waals surface area contributed by atoms with Crippen molar-refractivity contribution in [2.45, 2.75) is 59.5 Å². The van der Waals surface area contributed by atoms with Gasteiger partial charge in [0.05, 0.1) is 0 Å². The highest BCUT2D eigenvalue weighted by atomic mass is 16.5. The van der Waals surface area contributed by atoms with E-state index in [1.54, 1.807) is 41.5 Å². The Balaban J connectivity index is 1.72. The molecule has 0 aliphatic heterocycles. The third-order valence-corrected chi connectivity index (χ3v) is 6.13. The molecule has 0 saturated heterocycles. The van der Waals surface area contributed by atoms with E-state index in [1.807, 2.05) is 36.4 Å². The van der Waals surface area contributed by atoms with Gasteiger partial charge in [-0.2, -0.15) is 0 Å². The number of carboxylic acids is 1. The molecule has 2 aromatic carbocycles. The van der Waals surface area contributed by atoms with Crippen LogP contribution in [0.1, 0.15) is 58.6 Å². The summed E-state index contributed by atoms with van der Waals surface area (Å²) in [5, 5.41) is 14.8. The number of amides is 2. The molecule has 0 heterocycles. The molecule has 0 aromatic heterocycles. The summed E-state index contributed by atoms with van der Waals surface area (Å²) < 4.78 is 5.59. The van der Waals surface area contributed by atoms with Crippen LogP contribution in [0.2, 0.25) is 0 Å². The zero-order valence-corrected chi connectivity index (χ0v) is 20.6. The predicted molar refractivity (Wildman–Crippen MR) is 130 cm³/mol. The fraction of sp³-hybridized carbons (Fsp3) is 0.444. The molecule has 2 aromatic rings. The second-order valence-electron chi connectivity index (χ2n) is 10.9. The monoisotopic (exact) mass is 466 g/mol. The van der Waals surface area contributed by atoms with E-state index in [2.05, 4.69) is 22.8 Å². The molecule has 0 fully saturated rings. The van der Waals surface area contributed by atoms with Crippen LogP contribution in [-0.2, 0) is 14.3 Å². The highest BCUT2D eigenvalue weighted by Crippen LogP contribution is 2.44. The van der Waals surface area contributed by atoms with Crippen LogP contribution in [0.3, 0.4) is 0 Å². The molecule has 1 aliphatic carbocycles. The second kappa shape index (κ2) is 9.49. The van der Waals surface area contributed by atoms with Gasteiger partial charge < -0.3 is 20.5 Å². The molecule has 3 N–H and O–H groups in total. The van der Waals surface area contributed by atoms with Gasteiger partial charge in [-0.1, -0.05) is 90.1 Å². The van der Waals surface area contributed by atoms with Crippen LogP contribution in [0, 0.1) is 10.8 Å². The Morgan fingerprint density at radius 2 is 1.29 bits per heavy atom. The zero-order valence-electron chi connectivity index (χ0n) is 20.6. The van der Waals surface area contributed by atoms with Gasteiger partial charge in [-0.25, -0.2) is 9.59 Å². The van der Waals surface area contributed by atoms with Crippen molar-refractivity contribution in [2.24, 2.45) is 10.8 Å². The number of carbonyl (C=O) groups excluding carboxylic acids is 2. The Labute approximate surface area is 200 Å². The number of benzene rings is 2. The lowest BCUT2D eigenvalue weighted by atomic mass is 9.83. The number of nitrogens with one attached hydrogen (secondary N) is 2. The lowest BCUT2D eigenvalue weighted by Crippen LogP contribution is -2.59. The third-order valence-electron chi connectivity index (χ3n) is 6.13. The number of alkyl carbamates (subject to hydrolysis) is 1. The minimum absolute atomic E-state index is 0.0997. The van der Waals surface area contributed by atoms with E-state index >= 15 is 0 Å². The van der Waals surface area contributed by atoms with E-state index in [0.717, 1.165) is 22.3 Å². The van der Waals surface area contributed by atoms with Crippen molar-refractivity contribution in [1.82, 2.24) is 10.6 Å². The fourth-order valence-electron chi connectivity index (χ4n) is 4.31. The van der Waals surface area contributed by atoms with Crippen molar-refractivity contribution in [1.29, 1.82) is 0 Å². The van der Waals surface area contributed by atoms with Gasteiger partial charge in [-0.3, -0.25) is 4.79 Å². The first-order valence-electron chi connectivity index (χ1n) is 11.5. The Hall–Kier alpha value is -3.35. The maximum Gasteiger partial charge on any atom is 0.407 e. The molecular formula is C27H34N2O5. The molecule has 1 unspecified atom stereocenters. The number of hydrogen-bond acceptors (Lipinski definition) is 4. The van der Waals surface area contributed by atoms with Gasteiger partial charge in [0.1, 0.15) is 18.7 Å². The average Bonchev–Trinajstić information content (AvgIpc) is 3.06. The van der Waals surface area contributed by atoms with Crippen molar-refractivity contribution >= 4 is 18.0 Å². The summed E-state index contributed by atoms with van der Waals surface area (Å²) in [5.41, 5.74) is 3.07. The topological polar surface area (TPSA) is 105 Å². The van der Waals surface area contributed by atoms with Gasteiger partial charge in [-0.15, -0.1) is 0 Å².